The Hall–Kier alpha value is -1.10. The molecule has 0 aromatic carbocycles. The highest BCUT2D eigenvalue weighted by atomic mass is 16.5. The Morgan fingerprint density at radius 3 is 2.85 bits per heavy atom. The van der Waals surface area contributed by atoms with Crippen molar-refractivity contribution in [2.75, 3.05) is 13.2 Å². The second kappa shape index (κ2) is 4.23. The molecule has 0 saturated carbocycles. The van der Waals surface area contributed by atoms with Crippen molar-refractivity contribution in [3.63, 3.8) is 0 Å². The highest BCUT2D eigenvalue weighted by Gasteiger charge is 2.38. The molecule has 1 aliphatic heterocycles. The van der Waals surface area contributed by atoms with E-state index in [-0.39, 0.29) is 0 Å². The van der Waals surface area contributed by atoms with Gasteiger partial charge < -0.3 is 15.2 Å². The Kier molecular flexibility index (Phi) is 3.25. The number of nitrogens with one attached hydrogen (secondary N) is 1. The van der Waals surface area contributed by atoms with E-state index in [4.69, 9.17) is 9.84 Å². The Labute approximate surface area is 76.1 Å². The van der Waals surface area contributed by atoms with Crippen molar-refractivity contribution in [2.24, 2.45) is 5.92 Å². The predicted molar refractivity (Wildman–Crippen MR) is 44.2 cm³/mol. The molecule has 5 nitrogen and oxygen atoms in total. The van der Waals surface area contributed by atoms with Crippen LogP contribution < -0.4 is 5.32 Å². The zero-order valence-electron chi connectivity index (χ0n) is 7.45. The third-order valence-electron chi connectivity index (χ3n) is 2.08. The van der Waals surface area contributed by atoms with Gasteiger partial charge in [0.2, 0.25) is 0 Å². The van der Waals surface area contributed by atoms with Gasteiger partial charge in [-0.1, -0.05) is 0 Å². The summed E-state index contributed by atoms with van der Waals surface area (Å²) in [5.74, 6) is -1.94. The van der Waals surface area contributed by atoms with E-state index in [2.05, 4.69) is 5.32 Å². The predicted octanol–water partition coefficient (Wildman–Crippen LogP) is -0.388. The highest BCUT2D eigenvalue weighted by molar-refractivity contribution is 5.84. The van der Waals surface area contributed by atoms with Gasteiger partial charge in [0.1, 0.15) is 6.04 Å². The molecule has 0 amide bonds. The van der Waals surface area contributed by atoms with E-state index in [9.17, 15) is 9.59 Å². The number of carboxylic acid groups (broad SMARTS) is 1. The van der Waals surface area contributed by atoms with Crippen LogP contribution in [0.5, 0.6) is 0 Å². The Morgan fingerprint density at radius 2 is 2.31 bits per heavy atom. The number of ether oxygens (including phenoxy) is 1. The largest absolute Gasteiger partial charge is 0.480 e. The SMILES string of the molecule is CCOC(=O)[C@H]1CCN[C@@H]1C(=O)O. The fourth-order valence-corrected chi connectivity index (χ4v) is 1.47. The van der Waals surface area contributed by atoms with Crippen molar-refractivity contribution in [2.45, 2.75) is 19.4 Å². The standard InChI is InChI=1S/C8H13NO4/c1-2-13-8(12)5-3-4-9-6(5)7(10)11/h5-6,9H,2-4H2,1H3,(H,10,11)/t5-,6-/m0/s1. The Bertz CT molecular complexity index is 216. The maximum atomic E-state index is 11.2. The lowest BCUT2D eigenvalue weighted by molar-refractivity contribution is -0.153. The number of esters is 1. The van der Waals surface area contributed by atoms with Crippen LogP contribution in [0.4, 0.5) is 0 Å². The van der Waals surface area contributed by atoms with Gasteiger partial charge in [0.15, 0.2) is 0 Å². The molecule has 1 heterocycles. The second-order valence-corrected chi connectivity index (χ2v) is 2.92. The van der Waals surface area contributed by atoms with Gasteiger partial charge in [0.25, 0.3) is 0 Å². The molecule has 1 aliphatic rings. The van der Waals surface area contributed by atoms with Crippen LogP contribution in [0.2, 0.25) is 0 Å². The Balaban J connectivity index is 2.57. The zero-order chi connectivity index (χ0) is 9.84. The van der Waals surface area contributed by atoms with Gasteiger partial charge >= 0.3 is 11.9 Å². The van der Waals surface area contributed by atoms with E-state index in [0.29, 0.717) is 19.6 Å². The molecule has 0 bridgehead atoms. The van der Waals surface area contributed by atoms with Crippen molar-refractivity contribution in [1.82, 2.24) is 5.32 Å². The van der Waals surface area contributed by atoms with Crippen LogP contribution in [0, 0.1) is 5.92 Å². The van der Waals surface area contributed by atoms with E-state index in [1.54, 1.807) is 6.92 Å². The highest BCUT2D eigenvalue weighted by Crippen LogP contribution is 2.17. The molecule has 74 valence electrons. The van der Waals surface area contributed by atoms with Gasteiger partial charge in [0.05, 0.1) is 12.5 Å². The van der Waals surface area contributed by atoms with Crippen LogP contribution in [0.25, 0.3) is 0 Å². The lowest BCUT2D eigenvalue weighted by Crippen LogP contribution is -2.39. The molecule has 1 saturated heterocycles. The topological polar surface area (TPSA) is 75.6 Å². The first-order chi connectivity index (χ1) is 6.16. The fourth-order valence-electron chi connectivity index (χ4n) is 1.47. The van der Waals surface area contributed by atoms with Crippen molar-refractivity contribution in [3.05, 3.63) is 0 Å². The molecular weight excluding hydrogens is 174 g/mol. The lowest BCUT2D eigenvalue weighted by atomic mass is 10.0. The fraction of sp³-hybridized carbons (Fsp3) is 0.750. The minimum Gasteiger partial charge on any atom is -0.480 e. The van der Waals surface area contributed by atoms with Crippen molar-refractivity contribution in [1.29, 1.82) is 0 Å². The van der Waals surface area contributed by atoms with Gasteiger partial charge in [-0.2, -0.15) is 0 Å². The zero-order valence-corrected chi connectivity index (χ0v) is 7.45. The van der Waals surface area contributed by atoms with E-state index in [1.165, 1.54) is 0 Å². The molecule has 0 radical (unpaired) electrons. The van der Waals surface area contributed by atoms with Crippen molar-refractivity contribution < 1.29 is 19.4 Å². The number of carbonyl (C=O) groups excluding carboxylic acids is 1. The summed E-state index contributed by atoms with van der Waals surface area (Å²) in [6.45, 7) is 2.55. The number of hydrogen-bond donors (Lipinski definition) is 2. The molecule has 0 aliphatic carbocycles. The maximum absolute atomic E-state index is 11.2. The molecule has 1 rings (SSSR count). The second-order valence-electron chi connectivity index (χ2n) is 2.92. The van der Waals surface area contributed by atoms with E-state index in [1.807, 2.05) is 0 Å². The molecule has 13 heavy (non-hydrogen) atoms. The van der Waals surface area contributed by atoms with E-state index < -0.39 is 23.9 Å². The van der Waals surface area contributed by atoms with Crippen molar-refractivity contribution in [3.8, 4) is 0 Å². The summed E-state index contributed by atoms with van der Waals surface area (Å²) in [5, 5.41) is 11.5. The van der Waals surface area contributed by atoms with Gasteiger partial charge in [-0.3, -0.25) is 9.59 Å². The first kappa shape index (κ1) is 9.98. The minimum atomic E-state index is -0.990. The molecule has 2 N–H and O–H groups in total. The van der Waals surface area contributed by atoms with Crippen molar-refractivity contribution >= 4 is 11.9 Å². The monoisotopic (exact) mass is 187 g/mol. The van der Waals surface area contributed by atoms with Gasteiger partial charge in [-0.15, -0.1) is 0 Å². The van der Waals surface area contributed by atoms with Crippen LogP contribution in [0.1, 0.15) is 13.3 Å². The molecule has 0 aromatic rings. The number of aliphatic carboxylic acids is 1. The summed E-state index contributed by atoms with van der Waals surface area (Å²) in [4.78, 5) is 21.9. The van der Waals surface area contributed by atoms with Crippen LogP contribution in [0.15, 0.2) is 0 Å². The number of hydrogen-bond acceptors (Lipinski definition) is 4. The molecule has 0 aromatic heterocycles. The smallest absolute Gasteiger partial charge is 0.321 e. The van der Waals surface area contributed by atoms with Crippen LogP contribution >= 0.6 is 0 Å². The summed E-state index contributed by atoms with van der Waals surface area (Å²) >= 11 is 0. The molecule has 1 fully saturated rings. The lowest BCUT2D eigenvalue weighted by Gasteiger charge is -2.13. The number of carboxylic acids is 1. The summed E-state index contributed by atoms with van der Waals surface area (Å²) in [6.07, 6.45) is 0.538. The van der Waals surface area contributed by atoms with Gasteiger partial charge in [0, 0.05) is 0 Å². The average Bonchev–Trinajstić information content (AvgIpc) is 2.52. The quantitative estimate of drug-likeness (QED) is 0.588. The van der Waals surface area contributed by atoms with Crippen LogP contribution in [-0.4, -0.2) is 36.2 Å². The van der Waals surface area contributed by atoms with Crippen LogP contribution in [-0.2, 0) is 14.3 Å². The van der Waals surface area contributed by atoms with Gasteiger partial charge in [-0.25, -0.2) is 0 Å². The van der Waals surface area contributed by atoms with E-state index >= 15 is 0 Å². The molecule has 0 unspecified atom stereocenters. The molecular formula is C8H13NO4. The van der Waals surface area contributed by atoms with Gasteiger partial charge in [-0.05, 0) is 19.9 Å². The third-order valence-corrected chi connectivity index (χ3v) is 2.08. The summed E-state index contributed by atoms with van der Waals surface area (Å²) in [7, 11) is 0. The molecule has 5 heteroatoms. The number of rotatable bonds is 3. The average molecular weight is 187 g/mol. The maximum Gasteiger partial charge on any atom is 0.321 e. The third kappa shape index (κ3) is 2.18. The first-order valence-electron chi connectivity index (χ1n) is 4.29. The number of carbonyl (C=O) groups is 2. The first-order valence-corrected chi connectivity index (χ1v) is 4.29. The minimum absolute atomic E-state index is 0.293. The molecule has 2 atom stereocenters. The van der Waals surface area contributed by atoms with E-state index in [0.717, 1.165) is 0 Å². The summed E-state index contributed by atoms with van der Waals surface area (Å²) < 4.78 is 4.76. The normalized spacial score (nSPS) is 27.2. The molecule has 0 spiro atoms. The summed E-state index contributed by atoms with van der Waals surface area (Å²) in [6, 6.07) is -0.779. The van der Waals surface area contributed by atoms with Crippen LogP contribution in [0.3, 0.4) is 0 Å². The summed E-state index contributed by atoms with van der Waals surface area (Å²) in [5.41, 5.74) is 0. The Morgan fingerprint density at radius 1 is 1.62 bits per heavy atom.